The monoisotopic (exact) mass is 339 g/mol. The van der Waals surface area contributed by atoms with Crippen molar-refractivity contribution in [3.8, 4) is 11.8 Å². The van der Waals surface area contributed by atoms with E-state index in [1.54, 1.807) is 0 Å². The van der Waals surface area contributed by atoms with Gasteiger partial charge in [0.25, 0.3) is 0 Å². The minimum atomic E-state index is -0.452. The maximum Gasteiger partial charge on any atom is 0.308 e. The van der Waals surface area contributed by atoms with Gasteiger partial charge < -0.3 is 14.7 Å². The Morgan fingerprint density at radius 3 is 2.04 bits per heavy atom. The maximum atomic E-state index is 11.8. The molecule has 5 heteroatoms. The number of carbonyl (C=O) groups excluding carboxylic acids is 1. The highest BCUT2D eigenvalue weighted by Crippen LogP contribution is 2.43. The predicted molar refractivity (Wildman–Crippen MR) is 101 cm³/mol. The molecule has 5 aromatic rings. The third-order valence-corrected chi connectivity index (χ3v) is 4.72. The fraction of sp³-hybridized carbons (Fsp3) is 0.0476. The largest absolute Gasteiger partial charge is 0.425 e. The Morgan fingerprint density at radius 1 is 0.923 bits per heavy atom. The lowest BCUT2D eigenvalue weighted by Gasteiger charge is -2.08. The molecule has 0 aliphatic carbocycles. The molecule has 0 aliphatic heterocycles. The summed E-state index contributed by atoms with van der Waals surface area (Å²) >= 11 is 0. The first-order chi connectivity index (χ1) is 12.7. The molecule has 0 radical (unpaired) electrons. The summed E-state index contributed by atoms with van der Waals surface area (Å²) < 4.78 is 5.55. The van der Waals surface area contributed by atoms with Crippen LogP contribution in [0.2, 0.25) is 0 Å². The zero-order valence-corrected chi connectivity index (χ0v) is 13.9. The van der Waals surface area contributed by atoms with Crippen LogP contribution in [0.25, 0.3) is 43.6 Å². The molecule has 5 nitrogen and oxygen atoms in total. The highest BCUT2D eigenvalue weighted by Gasteiger charge is 2.23. The van der Waals surface area contributed by atoms with Gasteiger partial charge in [0.05, 0.1) is 16.4 Å². The van der Waals surface area contributed by atoms with Crippen molar-refractivity contribution in [2.45, 2.75) is 6.92 Å². The normalized spacial score (nSPS) is 11.4. The fourth-order valence-electron chi connectivity index (χ4n) is 3.75. The molecule has 2 N–H and O–H groups in total. The number of hydrogen-bond acceptors (Lipinski definition) is 3. The van der Waals surface area contributed by atoms with Crippen molar-refractivity contribution in [2.24, 2.45) is 0 Å². The van der Waals surface area contributed by atoms with Gasteiger partial charge in [0.15, 0.2) is 5.75 Å². The number of hydrogen-bond donors (Lipinski definition) is 2. The Morgan fingerprint density at radius 2 is 1.46 bits per heavy atom. The number of nitrogens with one attached hydrogen (secondary N) is 2. The van der Waals surface area contributed by atoms with E-state index in [-0.39, 0.29) is 0 Å². The molecule has 2 heterocycles. The first-order valence-corrected chi connectivity index (χ1v) is 8.24. The molecule has 3 aromatic carbocycles. The minimum absolute atomic E-state index is 0.310. The van der Waals surface area contributed by atoms with E-state index in [1.165, 1.54) is 6.92 Å². The van der Waals surface area contributed by atoms with Gasteiger partial charge in [-0.05, 0) is 12.1 Å². The molecule has 0 saturated heterocycles. The van der Waals surface area contributed by atoms with Crippen LogP contribution in [0.3, 0.4) is 0 Å². The quantitative estimate of drug-likeness (QED) is 0.341. The SMILES string of the molecule is CC(=O)Oc1c(C#N)c2c3ccccc3[nH]c2c2[nH]c3ccccc3c12. The fourth-order valence-corrected chi connectivity index (χ4v) is 3.75. The van der Waals surface area contributed by atoms with Crippen molar-refractivity contribution in [1.29, 1.82) is 5.26 Å². The van der Waals surface area contributed by atoms with Crippen LogP contribution in [0.5, 0.6) is 5.75 Å². The Bertz CT molecular complexity index is 1400. The molecular weight excluding hydrogens is 326 g/mol. The third-order valence-electron chi connectivity index (χ3n) is 4.72. The average molecular weight is 339 g/mol. The van der Waals surface area contributed by atoms with Crippen LogP contribution in [0.4, 0.5) is 0 Å². The predicted octanol–water partition coefficient (Wildman–Crippen LogP) is 4.75. The van der Waals surface area contributed by atoms with Gasteiger partial charge in [0, 0.05) is 34.1 Å². The zero-order chi connectivity index (χ0) is 17.8. The van der Waals surface area contributed by atoms with Gasteiger partial charge in [-0.15, -0.1) is 0 Å². The Labute approximate surface area is 147 Å². The molecule has 0 saturated carbocycles. The molecular formula is C21H13N3O2. The first-order valence-electron chi connectivity index (χ1n) is 8.24. The smallest absolute Gasteiger partial charge is 0.308 e. The molecule has 124 valence electrons. The summed E-state index contributed by atoms with van der Waals surface area (Å²) in [6.07, 6.45) is 0. The van der Waals surface area contributed by atoms with E-state index in [4.69, 9.17) is 4.74 Å². The van der Waals surface area contributed by atoms with Crippen LogP contribution in [0, 0.1) is 11.3 Å². The zero-order valence-electron chi connectivity index (χ0n) is 13.9. The van der Waals surface area contributed by atoms with E-state index in [1.807, 2.05) is 48.5 Å². The summed E-state index contributed by atoms with van der Waals surface area (Å²) in [5.74, 6) is -0.142. The lowest BCUT2D eigenvalue weighted by molar-refractivity contribution is -0.131. The van der Waals surface area contributed by atoms with E-state index in [2.05, 4.69) is 16.0 Å². The van der Waals surface area contributed by atoms with Crippen molar-refractivity contribution in [3.05, 3.63) is 54.1 Å². The van der Waals surface area contributed by atoms with Crippen molar-refractivity contribution in [2.75, 3.05) is 0 Å². The molecule has 26 heavy (non-hydrogen) atoms. The number of fused-ring (bicyclic) bond motifs is 7. The molecule has 0 amide bonds. The number of aromatic amines is 2. The summed E-state index contributed by atoms with van der Waals surface area (Å²) in [6, 6.07) is 17.8. The van der Waals surface area contributed by atoms with Crippen LogP contribution in [0.1, 0.15) is 12.5 Å². The van der Waals surface area contributed by atoms with Gasteiger partial charge in [-0.3, -0.25) is 4.79 Å². The number of carbonyl (C=O) groups is 1. The Balaban J connectivity index is 2.14. The number of nitriles is 1. The van der Waals surface area contributed by atoms with E-state index in [9.17, 15) is 10.1 Å². The number of ether oxygens (including phenoxy) is 1. The van der Waals surface area contributed by atoms with Crippen molar-refractivity contribution < 1.29 is 9.53 Å². The van der Waals surface area contributed by atoms with Gasteiger partial charge in [0.2, 0.25) is 0 Å². The Hall–Kier alpha value is -3.78. The highest BCUT2D eigenvalue weighted by atomic mass is 16.5. The second-order valence-electron chi connectivity index (χ2n) is 6.25. The Kier molecular flexibility index (Phi) is 2.86. The highest BCUT2D eigenvalue weighted by molar-refractivity contribution is 6.26. The number of H-pyrrole nitrogens is 2. The van der Waals surface area contributed by atoms with E-state index < -0.39 is 5.97 Å². The topological polar surface area (TPSA) is 81.7 Å². The number of benzene rings is 3. The summed E-state index contributed by atoms with van der Waals surface area (Å²) in [7, 11) is 0. The van der Waals surface area contributed by atoms with Crippen molar-refractivity contribution in [1.82, 2.24) is 9.97 Å². The van der Waals surface area contributed by atoms with Crippen LogP contribution in [-0.2, 0) is 4.79 Å². The molecule has 5 rings (SSSR count). The number of para-hydroxylation sites is 2. The number of rotatable bonds is 1. The second-order valence-corrected chi connectivity index (χ2v) is 6.25. The summed E-state index contributed by atoms with van der Waals surface area (Å²) in [5.41, 5.74) is 3.88. The van der Waals surface area contributed by atoms with Crippen LogP contribution < -0.4 is 4.74 Å². The summed E-state index contributed by atoms with van der Waals surface area (Å²) in [6.45, 7) is 1.35. The minimum Gasteiger partial charge on any atom is -0.425 e. The van der Waals surface area contributed by atoms with Gasteiger partial charge >= 0.3 is 5.97 Å². The molecule has 0 unspecified atom stereocenters. The van der Waals surface area contributed by atoms with Gasteiger partial charge in [-0.25, -0.2) is 0 Å². The van der Waals surface area contributed by atoms with E-state index >= 15 is 0 Å². The molecule has 2 aromatic heterocycles. The number of esters is 1. The van der Waals surface area contributed by atoms with Crippen LogP contribution in [0.15, 0.2) is 48.5 Å². The van der Waals surface area contributed by atoms with Crippen molar-refractivity contribution in [3.63, 3.8) is 0 Å². The standard InChI is InChI=1S/C21H13N3O2/c1-11(25)26-21-14(10-22)17-12-6-2-4-8-15(12)23-19(17)20-18(21)13-7-3-5-9-16(13)24-20/h2-9,23-24H,1H3. The van der Waals surface area contributed by atoms with E-state index in [0.717, 1.165) is 43.6 Å². The second kappa shape index (κ2) is 5.11. The number of aromatic nitrogens is 2. The molecule has 0 spiro atoms. The summed E-state index contributed by atoms with van der Waals surface area (Å²) in [4.78, 5) is 18.6. The number of nitrogens with zero attached hydrogens (tertiary/aromatic N) is 1. The van der Waals surface area contributed by atoms with Crippen LogP contribution >= 0.6 is 0 Å². The lowest BCUT2D eigenvalue weighted by atomic mass is 10.0. The molecule has 0 atom stereocenters. The molecule has 0 bridgehead atoms. The van der Waals surface area contributed by atoms with Crippen molar-refractivity contribution >= 4 is 49.6 Å². The summed E-state index contributed by atoms with van der Waals surface area (Å²) in [5, 5.41) is 13.3. The van der Waals surface area contributed by atoms with Gasteiger partial charge in [0.1, 0.15) is 11.6 Å². The maximum absolute atomic E-state index is 11.8. The molecule has 0 aliphatic rings. The van der Waals surface area contributed by atoms with Gasteiger partial charge in [-0.1, -0.05) is 36.4 Å². The first kappa shape index (κ1) is 14.6. The lowest BCUT2D eigenvalue weighted by Crippen LogP contribution is -2.04. The van der Waals surface area contributed by atoms with Gasteiger partial charge in [-0.2, -0.15) is 5.26 Å². The van der Waals surface area contributed by atoms with E-state index in [0.29, 0.717) is 11.3 Å². The third kappa shape index (κ3) is 1.81. The van der Waals surface area contributed by atoms with Crippen LogP contribution in [-0.4, -0.2) is 15.9 Å². The molecule has 0 fully saturated rings. The average Bonchev–Trinajstić information content (AvgIpc) is 3.20.